The first-order valence-electron chi connectivity index (χ1n) is 8.64. The molecule has 0 saturated carbocycles. The first-order valence-corrected chi connectivity index (χ1v) is 8.64. The van der Waals surface area contributed by atoms with Crippen LogP contribution in [0.5, 0.6) is 0 Å². The van der Waals surface area contributed by atoms with Crippen LogP contribution in [0.4, 0.5) is 5.69 Å². The van der Waals surface area contributed by atoms with Crippen LogP contribution in [0.3, 0.4) is 0 Å². The predicted octanol–water partition coefficient (Wildman–Crippen LogP) is 3.05. The Morgan fingerprint density at radius 1 is 1.00 bits per heavy atom. The van der Waals surface area contributed by atoms with Gasteiger partial charge in [-0.25, -0.2) is 9.97 Å². The summed E-state index contributed by atoms with van der Waals surface area (Å²) in [4.78, 5) is 34.8. The topological polar surface area (TPSA) is 75.2 Å². The highest BCUT2D eigenvalue weighted by molar-refractivity contribution is 6.03. The van der Waals surface area contributed by atoms with E-state index in [0.717, 1.165) is 25.9 Å². The molecule has 1 aromatic heterocycles. The maximum Gasteiger partial charge on any atom is 0.274 e. The molecule has 0 spiro atoms. The number of anilines is 1. The summed E-state index contributed by atoms with van der Waals surface area (Å²) in [6.45, 7) is 3.38. The first kappa shape index (κ1) is 17.1. The summed E-state index contributed by atoms with van der Waals surface area (Å²) in [6.07, 6.45) is 6.07. The predicted molar refractivity (Wildman–Crippen MR) is 95.5 cm³/mol. The van der Waals surface area contributed by atoms with Crippen LogP contribution in [0.2, 0.25) is 0 Å². The SMILES string of the molecule is Cc1nccc(C(=O)Nc2ccc(C(=O)N3CCCCCC3)cc2)n1. The molecule has 0 atom stereocenters. The number of carbonyl (C=O) groups excluding carboxylic acids is 2. The molecular formula is C19H22N4O2. The van der Waals surface area contributed by atoms with E-state index in [0.29, 0.717) is 22.8 Å². The fraction of sp³-hybridized carbons (Fsp3) is 0.368. The molecule has 25 heavy (non-hydrogen) atoms. The van der Waals surface area contributed by atoms with Crippen LogP contribution < -0.4 is 5.32 Å². The molecule has 1 fully saturated rings. The van der Waals surface area contributed by atoms with E-state index in [4.69, 9.17) is 0 Å². The first-order chi connectivity index (χ1) is 12.1. The minimum atomic E-state index is -0.294. The third-order valence-electron chi connectivity index (χ3n) is 4.29. The Balaban J connectivity index is 1.65. The van der Waals surface area contributed by atoms with Gasteiger partial charge in [-0.1, -0.05) is 12.8 Å². The molecule has 1 aromatic carbocycles. The lowest BCUT2D eigenvalue weighted by Crippen LogP contribution is -2.31. The average molecular weight is 338 g/mol. The van der Waals surface area contributed by atoms with Crippen molar-refractivity contribution in [2.24, 2.45) is 0 Å². The van der Waals surface area contributed by atoms with Crippen LogP contribution >= 0.6 is 0 Å². The molecule has 0 radical (unpaired) electrons. The lowest BCUT2D eigenvalue weighted by Gasteiger charge is -2.20. The maximum atomic E-state index is 12.6. The molecular weight excluding hydrogens is 316 g/mol. The van der Waals surface area contributed by atoms with Crippen molar-refractivity contribution in [3.05, 3.63) is 53.6 Å². The summed E-state index contributed by atoms with van der Waals surface area (Å²) in [7, 11) is 0. The minimum absolute atomic E-state index is 0.0613. The van der Waals surface area contributed by atoms with Crippen LogP contribution in [0.25, 0.3) is 0 Å². The highest BCUT2D eigenvalue weighted by atomic mass is 16.2. The number of aromatic nitrogens is 2. The Morgan fingerprint density at radius 3 is 2.32 bits per heavy atom. The van der Waals surface area contributed by atoms with Gasteiger partial charge in [-0.15, -0.1) is 0 Å². The van der Waals surface area contributed by atoms with Crippen LogP contribution in [0.15, 0.2) is 36.5 Å². The standard InChI is InChI=1S/C19H22N4O2/c1-14-20-11-10-17(21-14)18(24)22-16-8-6-15(7-9-16)19(25)23-12-4-2-3-5-13-23/h6-11H,2-5,12-13H2,1H3,(H,22,24). The number of likely N-dealkylation sites (tertiary alicyclic amines) is 1. The van der Waals surface area contributed by atoms with Gasteiger partial charge in [-0.05, 0) is 50.1 Å². The maximum absolute atomic E-state index is 12.6. The molecule has 0 unspecified atom stereocenters. The quantitative estimate of drug-likeness (QED) is 0.933. The summed E-state index contributed by atoms with van der Waals surface area (Å²) >= 11 is 0. The number of nitrogens with zero attached hydrogens (tertiary/aromatic N) is 3. The normalized spacial score (nSPS) is 14.7. The Kier molecular flexibility index (Phi) is 5.38. The van der Waals surface area contributed by atoms with Gasteiger partial charge in [0.25, 0.3) is 11.8 Å². The highest BCUT2D eigenvalue weighted by Gasteiger charge is 2.17. The largest absolute Gasteiger partial charge is 0.339 e. The van der Waals surface area contributed by atoms with E-state index in [9.17, 15) is 9.59 Å². The molecule has 1 saturated heterocycles. The Hall–Kier alpha value is -2.76. The lowest BCUT2D eigenvalue weighted by atomic mass is 10.1. The number of rotatable bonds is 3. The zero-order valence-electron chi connectivity index (χ0n) is 14.4. The number of nitrogens with one attached hydrogen (secondary N) is 1. The van der Waals surface area contributed by atoms with Crippen molar-refractivity contribution >= 4 is 17.5 Å². The van der Waals surface area contributed by atoms with Crippen molar-refractivity contribution in [3.8, 4) is 0 Å². The van der Waals surface area contributed by atoms with E-state index < -0.39 is 0 Å². The second-order valence-corrected chi connectivity index (χ2v) is 6.23. The Bertz CT molecular complexity index is 750. The van der Waals surface area contributed by atoms with Gasteiger partial charge in [0, 0.05) is 30.5 Å². The van der Waals surface area contributed by atoms with Crippen molar-refractivity contribution in [1.82, 2.24) is 14.9 Å². The Labute approximate surface area is 147 Å². The number of hydrogen-bond acceptors (Lipinski definition) is 4. The summed E-state index contributed by atoms with van der Waals surface area (Å²) in [5, 5.41) is 2.79. The molecule has 3 rings (SSSR count). The second-order valence-electron chi connectivity index (χ2n) is 6.23. The lowest BCUT2D eigenvalue weighted by molar-refractivity contribution is 0.0761. The van der Waals surface area contributed by atoms with Crippen molar-refractivity contribution in [1.29, 1.82) is 0 Å². The average Bonchev–Trinajstić information content (AvgIpc) is 2.91. The van der Waals surface area contributed by atoms with Gasteiger partial charge >= 0.3 is 0 Å². The Morgan fingerprint density at radius 2 is 1.68 bits per heavy atom. The number of benzene rings is 1. The summed E-state index contributed by atoms with van der Waals surface area (Å²) in [5.74, 6) is 0.314. The van der Waals surface area contributed by atoms with Crippen LogP contribution in [-0.4, -0.2) is 39.8 Å². The molecule has 6 heteroatoms. The number of hydrogen-bond donors (Lipinski definition) is 1. The highest BCUT2D eigenvalue weighted by Crippen LogP contribution is 2.16. The second kappa shape index (κ2) is 7.88. The third-order valence-corrected chi connectivity index (χ3v) is 4.29. The zero-order valence-corrected chi connectivity index (χ0v) is 14.4. The summed E-state index contributed by atoms with van der Waals surface area (Å²) in [6, 6.07) is 8.58. The van der Waals surface area contributed by atoms with Gasteiger partial charge in [0.1, 0.15) is 11.5 Å². The van der Waals surface area contributed by atoms with E-state index >= 15 is 0 Å². The summed E-state index contributed by atoms with van der Waals surface area (Å²) in [5.41, 5.74) is 1.60. The molecule has 2 aromatic rings. The van der Waals surface area contributed by atoms with Crippen LogP contribution in [0, 0.1) is 6.92 Å². The molecule has 1 aliphatic heterocycles. The van der Waals surface area contributed by atoms with Crippen molar-refractivity contribution < 1.29 is 9.59 Å². The van der Waals surface area contributed by atoms with Crippen LogP contribution in [-0.2, 0) is 0 Å². The van der Waals surface area contributed by atoms with E-state index in [1.54, 1.807) is 43.5 Å². The number of carbonyl (C=O) groups is 2. The molecule has 2 amide bonds. The van der Waals surface area contributed by atoms with E-state index in [-0.39, 0.29) is 11.8 Å². The van der Waals surface area contributed by atoms with E-state index in [2.05, 4.69) is 15.3 Å². The smallest absolute Gasteiger partial charge is 0.274 e. The number of aryl methyl sites for hydroxylation is 1. The molecule has 0 bridgehead atoms. The zero-order chi connectivity index (χ0) is 17.6. The summed E-state index contributed by atoms with van der Waals surface area (Å²) < 4.78 is 0. The van der Waals surface area contributed by atoms with Crippen molar-refractivity contribution in [3.63, 3.8) is 0 Å². The fourth-order valence-electron chi connectivity index (χ4n) is 2.93. The van der Waals surface area contributed by atoms with Crippen molar-refractivity contribution in [2.75, 3.05) is 18.4 Å². The van der Waals surface area contributed by atoms with E-state index in [1.807, 2.05) is 4.90 Å². The molecule has 130 valence electrons. The van der Waals surface area contributed by atoms with Crippen molar-refractivity contribution in [2.45, 2.75) is 32.6 Å². The van der Waals surface area contributed by atoms with Crippen LogP contribution in [0.1, 0.15) is 52.4 Å². The van der Waals surface area contributed by atoms with E-state index in [1.165, 1.54) is 12.8 Å². The van der Waals surface area contributed by atoms with Gasteiger partial charge in [0.05, 0.1) is 0 Å². The number of amides is 2. The van der Waals surface area contributed by atoms with Gasteiger partial charge in [-0.3, -0.25) is 9.59 Å². The molecule has 0 aliphatic carbocycles. The van der Waals surface area contributed by atoms with Gasteiger partial charge in [0.2, 0.25) is 0 Å². The minimum Gasteiger partial charge on any atom is -0.339 e. The molecule has 1 aliphatic rings. The molecule has 6 nitrogen and oxygen atoms in total. The molecule has 2 heterocycles. The third kappa shape index (κ3) is 4.41. The monoisotopic (exact) mass is 338 g/mol. The fourth-order valence-corrected chi connectivity index (χ4v) is 2.93. The van der Waals surface area contributed by atoms with Gasteiger partial charge < -0.3 is 10.2 Å². The molecule has 1 N–H and O–H groups in total. The van der Waals surface area contributed by atoms with Gasteiger partial charge in [-0.2, -0.15) is 0 Å². The van der Waals surface area contributed by atoms with Gasteiger partial charge in [0.15, 0.2) is 0 Å².